The van der Waals surface area contributed by atoms with Gasteiger partial charge in [-0.3, -0.25) is 5.41 Å². The number of hydrogen-bond donors (Lipinski definition) is 2. The van der Waals surface area contributed by atoms with Crippen molar-refractivity contribution in [2.24, 2.45) is 5.73 Å². The van der Waals surface area contributed by atoms with E-state index in [9.17, 15) is 8.42 Å². The summed E-state index contributed by atoms with van der Waals surface area (Å²) in [6.45, 7) is 4.28. The van der Waals surface area contributed by atoms with Crippen molar-refractivity contribution in [2.75, 3.05) is 13.1 Å². The van der Waals surface area contributed by atoms with Crippen LogP contribution in [0.25, 0.3) is 0 Å². The summed E-state index contributed by atoms with van der Waals surface area (Å²) in [6.07, 6.45) is 2.64. The van der Waals surface area contributed by atoms with Crippen LogP contribution in [0.1, 0.15) is 32.3 Å². The molecule has 0 aromatic heterocycles. The average Bonchev–Trinajstić information content (AvgIpc) is 2.39. The van der Waals surface area contributed by atoms with Crippen molar-refractivity contribution < 1.29 is 8.42 Å². The van der Waals surface area contributed by atoms with Gasteiger partial charge < -0.3 is 5.73 Å². The third kappa shape index (κ3) is 4.31. The lowest BCUT2D eigenvalue weighted by Crippen LogP contribution is -2.38. The fourth-order valence-electron chi connectivity index (χ4n) is 1.99. The highest BCUT2D eigenvalue weighted by Gasteiger charge is 2.24. The molecule has 3 N–H and O–H groups in total. The SMILES string of the molecule is CCCc1ccc(S(=O)(=O)N(CCC)CC(=N)N)cc1. The number of benzene rings is 1. The highest BCUT2D eigenvalue weighted by Crippen LogP contribution is 2.17. The molecule has 0 radical (unpaired) electrons. The van der Waals surface area contributed by atoms with E-state index in [1.165, 1.54) is 4.31 Å². The lowest BCUT2D eigenvalue weighted by molar-refractivity contribution is 0.447. The van der Waals surface area contributed by atoms with Crippen molar-refractivity contribution in [2.45, 2.75) is 38.0 Å². The molecule has 0 bridgehead atoms. The summed E-state index contributed by atoms with van der Waals surface area (Å²) in [6, 6.07) is 6.94. The Bertz CT molecular complexity index is 538. The van der Waals surface area contributed by atoms with E-state index < -0.39 is 10.0 Å². The first kappa shape index (κ1) is 16.7. The molecule has 0 saturated heterocycles. The van der Waals surface area contributed by atoms with E-state index in [-0.39, 0.29) is 17.3 Å². The van der Waals surface area contributed by atoms with E-state index in [0.29, 0.717) is 13.0 Å². The number of nitrogens with two attached hydrogens (primary N) is 1. The Kier molecular flexibility index (Phi) is 6.16. The maximum atomic E-state index is 12.5. The van der Waals surface area contributed by atoms with Crippen LogP contribution in [0, 0.1) is 5.41 Å². The quantitative estimate of drug-likeness (QED) is 0.568. The van der Waals surface area contributed by atoms with Crippen LogP contribution in [0.2, 0.25) is 0 Å². The van der Waals surface area contributed by atoms with Crippen LogP contribution >= 0.6 is 0 Å². The molecule has 20 heavy (non-hydrogen) atoms. The van der Waals surface area contributed by atoms with Crippen LogP contribution < -0.4 is 5.73 Å². The number of amidine groups is 1. The summed E-state index contributed by atoms with van der Waals surface area (Å²) in [4.78, 5) is 0.257. The van der Waals surface area contributed by atoms with Crippen LogP contribution in [0.15, 0.2) is 29.2 Å². The van der Waals surface area contributed by atoms with Gasteiger partial charge in [-0.2, -0.15) is 4.31 Å². The highest BCUT2D eigenvalue weighted by atomic mass is 32.2. The maximum Gasteiger partial charge on any atom is 0.243 e. The molecule has 112 valence electrons. The lowest BCUT2D eigenvalue weighted by Gasteiger charge is -2.21. The number of nitrogens with zero attached hydrogens (tertiary/aromatic N) is 1. The number of rotatable bonds is 8. The van der Waals surface area contributed by atoms with Gasteiger partial charge in [-0.05, 0) is 30.5 Å². The van der Waals surface area contributed by atoms with Crippen LogP contribution in [0.3, 0.4) is 0 Å². The zero-order chi connectivity index (χ0) is 15.2. The lowest BCUT2D eigenvalue weighted by atomic mass is 10.1. The molecule has 1 aromatic carbocycles. The van der Waals surface area contributed by atoms with E-state index >= 15 is 0 Å². The zero-order valence-corrected chi connectivity index (χ0v) is 12.9. The molecule has 0 spiro atoms. The number of nitrogens with one attached hydrogen (secondary N) is 1. The van der Waals surface area contributed by atoms with Gasteiger partial charge in [-0.15, -0.1) is 0 Å². The summed E-state index contributed by atoms with van der Waals surface area (Å²) in [5.74, 6) is -0.148. The van der Waals surface area contributed by atoms with Crippen molar-refractivity contribution in [3.8, 4) is 0 Å². The first-order valence-electron chi connectivity index (χ1n) is 6.83. The molecule has 0 aliphatic carbocycles. The van der Waals surface area contributed by atoms with E-state index in [2.05, 4.69) is 6.92 Å². The normalized spacial score (nSPS) is 11.8. The zero-order valence-electron chi connectivity index (χ0n) is 12.1. The van der Waals surface area contributed by atoms with Gasteiger partial charge in [0.15, 0.2) is 0 Å². The van der Waals surface area contributed by atoms with Crippen molar-refractivity contribution in [3.05, 3.63) is 29.8 Å². The third-order valence-corrected chi connectivity index (χ3v) is 4.78. The summed E-state index contributed by atoms with van der Waals surface area (Å²) in [7, 11) is -3.58. The van der Waals surface area contributed by atoms with Gasteiger partial charge >= 0.3 is 0 Å². The second kappa shape index (κ2) is 7.40. The van der Waals surface area contributed by atoms with Gasteiger partial charge in [0.05, 0.1) is 11.4 Å². The van der Waals surface area contributed by atoms with Crippen LogP contribution in [0.4, 0.5) is 0 Å². The predicted octanol–water partition coefficient (Wildman–Crippen LogP) is 1.98. The molecule has 1 rings (SSSR count). The second-order valence-electron chi connectivity index (χ2n) is 4.76. The first-order chi connectivity index (χ1) is 9.41. The highest BCUT2D eigenvalue weighted by molar-refractivity contribution is 7.89. The van der Waals surface area contributed by atoms with Gasteiger partial charge in [0.2, 0.25) is 10.0 Å². The minimum atomic E-state index is -3.58. The second-order valence-corrected chi connectivity index (χ2v) is 6.70. The molecule has 0 saturated carbocycles. The molecule has 1 aromatic rings. The van der Waals surface area contributed by atoms with Crippen LogP contribution in [-0.4, -0.2) is 31.6 Å². The standard InChI is InChI=1S/C14H23N3O2S/c1-3-5-12-6-8-13(9-7-12)20(18,19)17(10-4-2)11-14(15)16/h6-9H,3-5,10-11H2,1-2H3,(H3,15,16). The van der Waals surface area contributed by atoms with E-state index in [1.54, 1.807) is 12.1 Å². The Morgan fingerprint density at radius 3 is 2.25 bits per heavy atom. The van der Waals surface area contributed by atoms with Gasteiger partial charge in [0.25, 0.3) is 0 Å². The van der Waals surface area contributed by atoms with Gasteiger partial charge in [0, 0.05) is 6.54 Å². The van der Waals surface area contributed by atoms with Crippen molar-refractivity contribution in [1.82, 2.24) is 4.31 Å². The molecule has 0 unspecified atom stereocenters. The molecule has 0 atom stereocenters. The molecule has 0 heterocycles. The van der Waals surface area contributed by atoms with Gasteiger partial charge in [-0.1, -0.05) is 32.4 Å². The Balaban J connectivity index is 3.02. The first-order valence-corrected chi connectivity index (χ1v) is 8.27. The topological polar surface area (TPSA) is 87.2 Å². The molecule has 5 nitrogen and oxygen atoms in total. The monoisotopic (exact) mass is 297 g/mol. The van der Waals surface area contributed by atoms with Crippen molar-refractivity contribution in [1.29, 1.82) is 5.41 Å². The molecule has 6 heteroatoms. The largest absolute Gasteiger partial charge is 0.387 e. The van der Waals surface area contributed by atoms with E-state index in [0.717, 1.165) is 18.4 Å². The molecular weight excluding hydrogens is 274 g/mol. The molecule has 0 aliphatic rings. The van der Waals surface area contributed by atoms with Crippen LogP contribution in [0.5, 0.6) is 0 Å². The Hall–Kier alpha value is -1.40. The Labute approximate surface area is 121 Å². The smallest absolute Gasteiger partial charge is 0.243 e. The third-order valence-electron chi connectivity index (χ3n) is 2.92. The van der Waals surface area contributed by atoms with Crippen molar-refractivity contribution in [3.63, 3.8) is 0 Å². The summed E-state index contributed by atoms with van der Waals surface area (Å²) >= 11 is 0. The number of sulfonamides is 1. The summed E-state index contributed by atoms with van der Waals surface area (Å²) < 4.78 is 26.3. The van der Waals surface area contributed by atoms with E-state index in [4.69, 9.17) is 11.1 Å². The number of aryl methyl sites for hydroxylation is 1. The fourth-order valence-corrected chi connectivity index (χ4v) is 3.50. The van der Waals surface area contributed by atoms with Gasteiger partial charge in [-0.25, -0.2) is 8.42 Å². The number of hydrogen-bond acceptors (Lipinski definition) is 3. The minimum absolute atomic E-state index is 0.0626. The van der Waals surface area contributed by atoms with Crippen LogP contribution in [-0.2, 0) is 16.4 Å². The molecule has 0 fully saturated rings. The fraction of sp³-hybridized carbons (Fsp3) is 0.500. The average molecular weight is 297 g/mol. The van der Waals surface area contributed by atoms with Crippen molar-refractivity contribution >= 4 is 15.9 Å². The van der Waals surface area contributed by atoms with Gasteiger partial charge in [0.1, 0.15) is 5.84 Å². The Morgan fingerprint density at radius 1 is 1.20 bits per heavy atom. The Morgan fingerprint density at radius 2 is 1.80 bits per heavy atom. The molecule has 0 aliphatic heterocycles. The minimum Gasteiger partial charge on any atom is -0.387 e. The van der Waals surface area contributed by atoms with E-state index in [1.807, 2.05) is 19.1 Å². The summed E-state index contributed by atoms with van der Waals surface area (Å²) in [5, 5.41) is 7.31. The maximum absolute atomic E-state index is 12.5. The molecular formula is C14H23N3O2S. The predicted molar refractivity (Wildman–Crippen MR) is 81.4 cm³/mol. The summed E-state index contributed by atoms with van der Waals surface area (Å²) in [5.41, 5.74) is 6.46. The molecule has 0 amide bonds.